The molecule has 1 nitrogen and oxygen atoms in total. The van der Waals surface area contributed by atoms with Crippen LogP contribution in [0.25, 0.3) is 4.47 Å². The van der Waals surface area contributed by atoms with Crippen molar-refractivity contribution in [2.75, 3.05) is 0 Å². The van der Waals surface area contributed by atoms with Gasteiger partial charge in [0, 0.05) is 0 Å². The summed E-state index contributed by atoms with van der Waals surface area (Å²) >= 11 is -0.251. The molecule has 0 saturated heterocycles. The van der Waals surface area contributed by atoms with Gasteiger partial charge in [-0.2, -0.15) is 0 Å². The van der Waals surface area contributed by atoms with Crippen LogP contribution >= 0.6 is 0 Å². The fourth-order valence-corrected chi connectivity index (χ4v) is 3.23. The van der Waals surface area contributed by atoms with Crippen molar-refractivity contribution < 1.29 is 17.9 Å². The minimum atomic E-state index is -4.62. The van der Waals surface area contributed by atoms with Gasteiger partial charge >= 0.3 is 96.4 Å². The second-order valence-corrected chi connectivity index (χ2v) is 5.59. The molecule has 0 unspecified atom stereocenters. The number of alkyl halides is 3. The van der Waals surface area contributed by atoms with E-state index >= 15 is 0 Å². The number of halogens is 3. The Kier molecular flexibility index (Phi) is 3.08. The fourth-order valence-electron chi connectivity index (χ4n) is 1.35. The summed E-state index contributed by atoms with van der Waals surface area (Å²) in [4.78, 5) is 2.12. The maximum atomic E-state index is 11.9. The molecule has 1 aromatic rings. The first kappa shape index (κ1) is 11.3. The molecule has 1 aliphatic rings. The fraction of sp³-hybridized carbons (Fsp3) is 0.0909. The first-order valence-corrected chi connectivity index (χ1v) is 6.80. The van der Waals surface area contributed by atoms with Crippen molar-refractivity contribution in [1.82, 2.24) is 0 Å². The van der Waals surface area contributed by atoms with Gasteiger partial charge in [-0.3, -0.25) is 0 Å². The van der Waals surface area contributed by atoms with E-state index in [1.165, 1.54) is 16.6 Å². The Balaban J connectivity index is 2.11. The summed E-state index contributed by atoms with van der Waals surface area (Å²) in [5, 5.41) is 0. The van der Waals surface area contributed by atoms with Gasteiger partial charge in [-0.1, -0.05) is 0 Å². The van der Waals surface area contributed by atoms with E-state index in [0.29, 0.717) is 0 Å². The average molecular weight is 293 g/mol. The molecular formula is C11H9F3OSe. The van der Waals surface area contributed by atoms with Gasteiger partial charge in [0.2, 0.25) is 0 Å². The Morgan fingerprint density at radius 1 is 1.06 bits per heavy atom. The Hall–Kier alpha value is -1.19. The molecule has 1 heterocycles. The second-order valence-electron chi connectivity index (χ2n) is 3.16. The van der Waals surface area contributed by atoms with E-state index in [4.69, 9.17) is 0 Å². The van der Waals surface area contributed by atoms with E-state index in [9.17, 15) is 13.2 Å². The van der Waals surface area contributed by atoms with Gasteiger partial charge in [-0.25, -0.2) is 0 Å². The monoisotopic (exact) mass is 294 g/mol. The summed E-state index contributed by atoms with van der Waals surface area (Å²) in [5.74, 6) is -0.178. The molecule has 0 aliphatic carbocycles. The molecule has 0 fully saturated rings. The summed E-state index contributed by atoms with van der Waals surface area (Å²) < 4.78 is 40.7. The number of allylic oxidation sites excluding steroid dienone is 2. The molecule has 0 aromatic heterocycles. The van der Waals surface area contributed by atoms with Crippen molar-refractivity contribution in [2.24, 2.45) is 0 Å². The van der Waals surface area contributed by atoms with Crippen LogP contribution in [0.4, 0.5) is 13.2 Å². The molecule has 0 spiro atoms. The van der Waals surface area contributed by atoms with Gasteiger partial charge in [0.15, 0.2) is 0 Å². The van der Waals surface area contributed by atoms with Crippen LogP contribution in [0.3, 0.4) is 0 Å². The third-order valence-corrected chi connectivity index (χ3v) is 4.36. The molecule has 0 amide bonds. The average Bonchev–Trinajstić information content (AvgIpc) is 2.69. The van der Waals surface area contributed by atoms with Gasteiger partial charge in [-0.05, 0) is 0 Å². The predicted octanol–water partition coefficient (Wildman–Crippen LogP) is 2.62. The van der Waals surface area contributed by atoms with Crippen LogP contribution in [0.1, 0.15) is 5.56 Å². The normalized spacial score (nSPS) is 17.6. The summed E-state index contributed by atoms with van der Waals surface area (Å²) in [6, 6.07) is 6.00. The Bertz CT molecular complexity index is 432. The quantitative estimate of drug-likeness (QED) is 0.762. The molecule has 0 atom stereocenters. The van der Waals surface area contributed by atoms with Crippen molar-refractivity contribution in [3.05, 3.63) is 47.0 Å². The van der Waals surface area contributed by atoms with Crippen LogP contribution in [-0.2, 0) is 0 Å². The molecule has 16 heavy (non-hydrogen) atoms. The third kappa shape index (κ3) is 2.90. The molecule has 5 heteroatoms. The summed E-state index contributed by atoms with van der Waals surface area (Å²) in [6.45, 7) is 0. The van der Waals surface area contributed by atoms with E-state index < -0.39 is 6.36 Å². The number of hydrogen-bond donors (Lipinski definition) is 0. The second kappa shape index (κ2) is 4.36. The van der Waals surface area contributed by atoms with Gasteiger partial charge in [0.25, 0.3) is 0 Å². The molecule has 2 rings (SSSR count). The van der Waals surface area contributed by atoms with E-state index in [1.54, 1.807) is 12.1 Å². The third-order valence-electron chi connectivity index (χ3n) is 2.00. The van der Waals surface area contributed by atoms with Crippen LogP contribution in [-0.4, -0.2) is 21.3 Å². The first-order chi connectivity index (χ1) is 7.54. The van der Waals surface area contributed by atoms with Crippen molar-refractivity contribution >= 4 is 19.4 Å². The standard InChI is InChI=1S/C11H9F3OSe/c12-11(13,14)15-9-5-3-8(4-6-9)10-2-1-7-16-10/h1-7H,16H2. The van der Waals surface area contributed by atoms with Crippen molar-refractivity contribution in [2.45, 2.75) is 6.36 Å². The van der Waals surface area contributed by atoms with E-state index in [0.717, 1.165) is 5.56 Å². The zero-order chi connectivity index (χ0) is 11.6. The molecule has 1 aliphatic heterocycles. The Morgan fingerprint density at radius 2 is 1.75 bits per heavy atom. The van der Waals surface area contributed by atoms with Gasteiger partial charge in [0.05, 0.1) is 0 Å². The molecule has 0 N–H and O–H groups in total. The predicted molar refractivity (Wildman–Crippen MR) is 58.8 cm³/mol. The minimum absolute atomic E-state index is 0.178. The van der Waals surface area contributed by atoms with Crippen LogP contribution in [0.2, 0.25) is 0 Å². The molecule has 0 radical (unpaired) electrons. The SMILES string of the molecule is FC(F)(F)Oc1ccc(C2=CC=C[SeH2]2)cc1. The molecule has 1 aromatic carbocycles. The van der Waals surface area contributed by atoms with Crippen LogP contribution < -0.4 is 4.74 Å². The van der Waals surface area contributed by atoms with E-state index in [-0.39, 0.29) is 20.7 Å². The molecule has 0 saturated carbocycles. The van der Waals surface area contributed by atoms with Gasteiger partial charge in [0.1, 0.15) is 0 Å². The maximum absolute atomic E-state index is 11.9. The van der Waals surface area contributed by atoms with Crippen LogP contribution in [0.5, 0.6) is 5.75 Å². The topological polar surface area (TPSA) is 9.23 Å². The van der Waals surface area contributed by atoms with Crippen molar-refractivity contribution in [3.63, 3.8) is 0 Å². The van der Waals surface area contributed by atoms with Gasteiger partial charge < -0.3 is 0 Å². The van der Waals surface area contributed by atoms with Crippen LogP contribution in [0, 0.1) is 0 Å². The Morgan fingerprint density at radius 3 is 2.25 bits per heavy atom. The molecule has 0 bridgehead atoms. The zero-order valence-corrected chi connectivity index (χ0v) is 10.2. The Labute approximate surface area is 96.8 Å². The first-order valence-electron chi connectivity index (χ1n) is 4.54. The van der Waals surface area contributed by atoms with E-state index in [1.807, 2.05) is 12.2 Å². The summed E-state index contributed by atoms with van der Waals surface area (Å²) in [7, 11) is 0. The molecule has 86 valence electrons. The van der Waals surface area contributed by atoms with Crippen molar-refractivity contribution in [1.29, 1.82) is 0 Å². The van der Waals surface area contributed by atoms with Crippen molar-refractivity contribution in [3.8, 4) is 5.75 Å². The number of hydrogen-bond acceptors (Lipinski definition) is 1. The summed E-state index contributed by atoms with van der Waals surface area (Å²) in [6.07, 6.45) is -0.640. The number of benzene rings is 1. The van der Waals surface area contributed by atoms with E-state index in [2.05, 4.69) is 9.71 Å². The number of rotatable bonds is 2. The van der Waals surface area contributed by atoms with Crippen LogP contribution in [0.15, 0.2) is 41.4 Å². The zero-order valence-electron chi connectivity index (χ0n) is 8.08. The number of ether oxygens (including phenoxy) is 1. The molecular weight excluding hydrogens is 284 g/mol. The summed E-state index contributed by atoms with van der Waals surface area (Å²) in [5.41, 5.74) is 0.972. The van der Waals surface area contributed by atoms with Gasteiger partial charge in [-0.15, -0.1) is 0 Å².